The molecular formula is C24H28ClFN6O3. The van der Waals surface area contributed by atoms with E-state index in [0.29, 0.717) is 49.7 Å². The molecule has 2 fully saturated rings. The van der Waals surface area contributed by atoms with Crippen molar-refractivity contribution >= 4 is 29.9 Å². The first-order valence-corrected chi connectivity index (χ1v) is 11.5. The number of β-amino-alcohol motifs (C(OH)–C–C–N with tert-alkyl or cyclic N) is 1. The van der Waals surface area contributed by atoms with Gasteiger partial charge in [0.15, 0.2) is 5.82 Å². The number of aryl methyl sites for hydroxylation is 1. The molecule has 2 saturated heterocycles. The second-order valence-corrected chi connectivity index (χ2v) is 8.69. The van der Waals surface area contributed by atoms with Gasteiger partial charge in [0.1, 0.15) is 11.5 Å². The summed E-state index contributed by atoms with van der Waals surface area (Å²) in [6, 6.07) is 7.11. The highest BCUT2D eigenvalue weighted by Crippen LogP contribution is 2.31. The van der Waals surface area contributed by atoms with Crippen LogP contribution in [0.1, 0.15) is 41.5 Å². The molecule has 35 heavy (non-hydrogen) atoms. The zero-order chi connectivity index (χ0) is 23.7. The van der Waals surface area contributed by atoms with Crippen molar-refractivity contribution in [3.8, 4) is 11.4 Å². The number of hydrogen-bond donors (Lipinski definition) is 2. The van der Waals surface area contributed by atoms with E-state index >= 15 is 0 Å². The van der Waals surface area contributed by atoms with Crippen molar-refractivity contribution in [3.63, 3.8) is 0 Å². The molecule has 0 radical (unpaired) electrons. The highest BCUT2D eigenvalue weighted by Gasteiger charge is 2.26. The van der Waals surface area contributed by atoms with Crippen LogP contribution in [0.4, 0.5) is 16.0 Å². The van der Waals surface area contributed by atoms with Crippen LogP contribution in [-0.2, 0) is 4.74 Å². The lowest BCUT2D eigenvalue weighted by molar-refractivity contribution is 0.0694. The van der Waals surface area contributed by atoms with Crippen LogP contribution in [0.25, 0.3) is 11.4 Å². The summed E-state index contributed by atoms with van der Waals surface area (Å²) in [7, 11) is 0. The number of nitrogens with one attached hydrogen (secondary N) is 1. The molecule has 2 N–H and O–H groups in total. The fourth-order valence-corrected chi connectivity index (χ4v) is 4.57. The van der Waals surface area contributed by atoms with E-state index in [-0.39, 0.29) is 36.0 Å². The fraction of sp³-hybridized carbons (Fsp3) is 0.417. The summed E-state index contributed by atoms with van der Waals surface area (Å²) in [5, 5.41) is 12.8. The Morgan fingerprint density at radius 3 is 2.57 bits per heavy atom. The van der Waals surface area contributed by atoms with Crippen molar-refractivity contribution in [1.82, 2.24) is 24.4 Å². The van der Waals surface area contributed by atoms with Crippen LogP contribution < -0.4 is 5.32 Å². The number of benzene rings is 1. The highest BCUT2D eigenvalue weighted by atomic mass is 35.5. The van der Waals surface area contributed by atoms with E-state index in [2.05, 4.69) is 20.3 Å². The van der Waals surface area contributed by atoms with Gasteiger partial charge in [-0.05, 0) is 50.5 Å². The minimum absolute atomic E-state index is 0. The summed E-state index contributed by atoms with van der Waals surface area (Å²) >= 11 is 0. The molecule has 1 unspecified atom stereocenters. The Balaban J connectivity index is 0.00000289. The number of nitrogens with zero attached hydrogens (tertiary/aromatic N) is 5. The third-order valence-corrected chi connectivity index (χ3v) is 6.36. The number of anilines is 2. The van der Waals surface area contributed by atoms with Gasteiger partial charge >= 0.3 is 0 Å². The van der Waals surface area contributed by atoms with Gasteiger partial charge in [-0.15, -0.1) is 12.4 Å². The number of likely N-dealkylation sites (tertiary alicyclic amines) is 1. The van der Waals surface area contributed by atoms with Gasteiger partial charge in [-0.1, -0.05) is 0 Å². The van der Waals surface area contributed by atoms with Crippen LogP contribution in [0.3, 0.4) is 0 Å². The van der Waals surface area contributed by atoms with Crippen LogP contribution in [-0.4, -0.2) is 67.8 Å². The zero-order valence-electron chi connectivity index (χ0n) is 19.4. The highest BCUT2D eigenvalue weighted by molar-refractivity contribution is 5.94. The average Bonchev–Trinajstić information content (AvgIpc) is 3.46. The Kier molecular flexibility index (Phi) is 7.63. The number of halogens is 2. The standard InChI is InChI=1S/C24H27FN6O3.ClH/c1-15-26-13-21(31(15)18-7-10-34-11-8-18)22-20(25)12-27-24(29-22)28-17-4-2-16(3-5-17)23(33)30-9-6-19(32)14-30;/h2-5,12-13,18-19,32H,6-11,14H2,1H3,(H,27,28,29);1H. The molecule has 2 aliphatic rings. The molecule has 9 nitrogen and oxygen atoms in total. The number of aromatic nitrogens is 4. The summed E-state index contributed by atoms with van der Waals surface area (Å²) in [6.07, 6.45) is 4.62. The molecule has 0 saturated carbocycles. The van der Waals surface area contributed by atoms with Gasteiger partial charge in [0.2, 0.25) is 5.95 Å². The van der Waals surface area contributed by atoms with Gasteiger partial charge in [-0.2, -0.15) is 0 Å². The van der Waals surface area contributed by atoms with E-state index in [1.165, 1.54) is 0 Å². The van der Waals surface area contributed by atoms with Crippen LogP contribution in [0.5, 0.6) is 0 Å². The second kappa shape index (κ2) is 10.7. The first-order chi connectivity index (χ1) is 16.5. The Morgan fingerprint density at radius 2 is 1.89 bits per heavy atom. The molecule has 1 aromatic carbocycles. The summed E-state index contributed by atoms with van der Waals surface area (Å²) in [5.74, 6) is 0.420. The van der Waals surface area contributed by atoms with Crippen LogP contribution >= 0.6 is 12.4 Å². The van der Waals surface area contributed by atoms with Crippen molar-refractivity contribution < 1.29 is 19.0 Å². The summed E-state index contributed by atoms with van der Waals surface area (Å²) in [6.45, 7) is 4.14. The van der Waals surface area contributed by atoms with Gasteiger partial charge in [0, 0.05) is 43.6 Å². The minimum atomic E-state index is -0.521. The summed E-state index contributed by atoms with van der Waals surface area (Å²) < 4.78 is 22.3. The maximum absolute atomic E-state index is 14.8. The fourth-order valence-electron chi connectivity index (χ4n) is 4.57. The van der Waals surface area contributed by atoms with E-state index in [0.717, 1.165) is 24.9 Å². The third kappa shape index (κ3) is 5.29. The average molecular weight is 503 g/mol. The maximum atomic E-state index is 14.8. The lowest BCUT2D eigenvalue weighted by atomic mass is 10.1. The number of hydrogen-bond acceptors (Lipinski definition) is 7. The molecule has 0 bridgehead atoms. The van der Waals surface area contributed by atoms with Gasteiger partial charge in [0.05, 0.1) is 24.2 Å². The first kappa shape index (κ1) is 25.0. The molecule has 3 aromatic rings. The third-order valence-electron chi connectivity index (χ3n) is 6.36. The summed E-state index contributed by atoms with van der Waals surface area (Å²) in [5.41, 5.74) is 2.01. The van der Waals surface area contributed by atoms with Crippen LogP contribution in [0, 0.1) is 12.7 Å². The number of imidazole rings is 1. The van der Waals surface area contributed by atoms with Gasteiger partial charge in [0.25, 0.3) is 5.91 Å². The molecule has 5 rings (SSSR count). The minimum Gasteiger partial charge on any atom is -0.391 e. The molecule has 2 aromatic heterocycles. The molecule has 4 heterocycles. The SMILES string of the molecule is Cc1ncc(-c2nc(Nc3ccc(C(=O)N4CCC(O)C4)cc3)ncc2F)n1C1CCOCC1.Cl. The van der Waals surface area contributed by atoms with Crippen molar-refractivity contribution in [2.45, 2.75) is 38.3 Å². The number of rotatable bonds is 5. The summed E-state index contributed by atoms with van der Waals surface area (Å²) in [4.78, 5) is 27.2. The van der Waals surface area contributed by atoms with Crippen LogP contribution in [0.2, 0.25) is 0 Å². The number of carbonyl (C=O) groups is 1. The van der Waals surface area contributed by atoms with Crippen molar-refractivity contribution in [3.05, 3.63) is 53.9 Å². The predicted molar refractivity (Wildman–Crippen MR) is 131 cm³/mol. The smallest absolute Gasteiger partial charge is 0.253 e. The number of aliphatic hydroxyl groups is 1. The lowest BCUT2D eigenvalue weighted by Gasteiger charge is -2.26. The van der Waals surface area contributed by atoms with Gasteiger partial charge in [-0.25, -0.2) is 19.3 Å². The Hall–Kier alpha value is -3.08. The first-order valence-electron chi connectivity index (χ1n) is 11.5. The van der Waals surface area contributed by atoms with Crippen molar-refractivity contribution in [2.75, 3.05) is 31.6 Å². The molecule has 1 amide bonds. The van der Waals surface area contributed by atoms with E-state index < -0.39 is 11.9 Å². The zero-order valence-corrected chi connectivity index (χ0v) is 20.2. The normalized spacial score (nSPS) is 18.4. The number of ether oxygens (including phenoxy) is 1. The van der Waals surface area contributed by atoms with E-state index in [1.54, 1.807) is 35.4 Å². The molecule has 2 aliphatic heterocycles. The second-order valence-electron chi connectivity index (χ2n) is 8.69. The Morgan fingerprint density at radius 1 is 1.14 bits per heavy atom. The Labute approximate surface area is 208 Å². The molecule has 11 heteroatoms. The molecular weight excluding hydrogens is 475 g/mol. The largest absolute Gasteiger partial charge is 0.391 e. The number of carbonyl (C=O) groups excluding carboxylic acids is 1. The van der Waals surface area contributed by atoms with E-state index in [9.17, 15) is 14.3 Å². The quantitative estimate of drug-likeness (QED) is 0.550. The predicted octanol–water partition coefficient (Wildman–Crippen LogP) is 3.51. The molecule has 0 aliphatic carbocycles. The van der Waals surface area contributed by atoms with E-state index in [4.69, 9.17) is 4.74 Å². The maximum Gasteiger partial charge on any atom is 0.253 e. The van der Waals surface area contributed by atoms with Gasteiger partial charge in [-0.3, -0.25) is 4.79 Å². The topological polar surface area (TPSA) is 105 Å². The van der Waals surface area contributed by atoms with Gasteiger partial charge < -0.3 is 24.6 Å². The van der Waals surface area contributed by atoms with E-state index in [1.807, 2.05) is 11.5 Å². The molecule has 0 spiro atoms. The molecule has 186 valence electrons. The van der Waals surface area contributed by atoms with Crippen molar-refractivity contribution in [2.24, 2.45) is 0 Å². The Bertz CT molecular complexity index is 1180. The monoisotopic (exact) mass is 502 g/mol. The number of amides is 1. The lowest BCUT2D eigenvalue weighted by Crippen LogP contribution is -2.29. The number of aliphatic hydroxyl groups excluding tert-OH is 1. The van der Waals surface area contributed by atoms with Crippen molar-refractivity contribution in [1.29, 1.82) is 0 Å². The molecule has 1 atom stereocenters. The van der Waals surface area contributed by atoms with Crippen LogP contribution in [0.15, 0.2) is 36.7 Å².